The molecule has 0 bridgehead atoms. The van der Waals surface area contributed by atoms with Crippen molar-refractivity contribution in [3.8, 4) is 0 Å². The third kappa shape index (κ3) is 4.61. The van der Waals surface area contributed by atoms with E-state index in [9.17, 15) is 14.7 Å². The second-order valence-corrected chi connectivity index (χ2v) is 3.70. The molecule has 0 aromatic heterocycles. The predicted octanol–water partition coefficient (Wildman–Crippen LogP) is 1.33. The molecule has 0 amide bonds. The van der Waals surface area contributed by atoms with Crippen LogP contribution in [0.3, 0.4) is 0 Å². The van der Waals surface area contributed by atoms with E-state index >= 15 is 0 Å². The van der Waals surface area contributed by atoms with Crippen LogP contribution in [0.1, 0.15) is 46.5 Å². The Morgan fingerprint density at radius 1 is 1.56 bits per heavy atom. The number of cyclic esters (lactones) is 1. The molecule has 1 heterocycles. The highest BCUT2D eigenvalue weighted by atomic mass is 16.5. The van der Waals surface area contributed by atoms with E-state index in [1.165, 1.54) is 0 Å². The Hall–Kier alpha value is -1.10. The van der Waals surface area contributed by atoms with Gasteiger partial charge in [-0.15, -0.1) is 0 Å². The van der Waals surface area contributed by atoms with Crippen LogP contribution in [0.2, 0.25) is 0 Å². The highest BCUT2D eigenvalue weighted by Crippen LogP contribution is 2.29. The summed E-state index contributed by atoms with van der Waals surface area (Å²) in [5, 5.41) is 18.4. The summed E-state index contributed by atoms with van der Waals surface area (Å²) in [7, 11) is 0. The lowest BCUT2D eigenvalue weighted by Crippen LogP contribution is -2.44. The second-order valence-electron chi connectivity index (χ2n) is 3.70. The van der Waals surface area contributed by atoms with Crippen molar-refractivity contribution in [3.63, 3.8) is 0 Å². The molecule has 2 atom stereocenters. The summed E-state index contributed by atoms with van der Waals surface area (Å²) >= 11 is 0. The molecule has 1 aliphatic heterocycles. The molecule has 0 spiro atoms. The Kier molecular flexibility index (Phi) is 6.03. The van der Waals surface area contributed by atoms with Gasteiger partial charge in [-0.1, -0.05) is 20.8 Å². The number of carbonyl (C=O) groups excluding carboxylic acids is 1. The van der Waals surface area contributed by atoms with Crippen molar-refractivity contribution in [1.82, 2.24) is 0 Å². The van der Waals surface area contributed by atoms with E-state index in [0.29, 0.717) is 6.42 Å². The van der Waals surface area contributed by atoms with Crippen molar-refractivity contribution in [1.29, 1.82) is 0 Å². The van der Waals surface area contributed by atoms with Crippen molar-refractivity contribution in [2.45, 2.75) is 58.2 Å². The van der Waals surface area contributed by atoms with Crippen molar-refractivity contribution in [2.75, 3.05) is 0 Å². The van der Waals surface area contributed by atoms with Gasteiger partial charge in [0.2, 0.25) is 0 Å². The second kappa shape index (κ2) is 6.48. The largest absolute Gasteiger partial charge is 0.481 e. The zero-order chi connectivity index (χ0) is 12.8. The van der Waals surface area contributed by atoms with Gasteiger partial charge in [0.1, 0.15) is 6.10 Å². The Balaban J connectivity index is 0.00000106. The van der Waals surface area contributed by atoms with E-state index in [-0.39, 0.29) is 18.9 Å². The number of carboxylic acids is 1. The van der Waals surface area contributed by atoms with Crippen molar-refractivity contribution in [3.05, 3.63) is 0 Å². The Morgan fingerprint density at radius 3 is 2.56 bits per heavy atom. The van der Waals surface area contributed by atoms with Gasteiger partial charge in [-0.25, -0.2) is 0 Å². The van der Waals surface area contributed by atoms with E-state index in [1.54, 1.807) is 0 Å². The minimum Gasteiger partial charge on any atom is -0.481 e. The van der Waals surface area contributed by atoms with E-state index in [1.807, 2.05) is 20.8 Å². The monoisotopic (exact) mass is 232 g/mol. The summed E-state index contributed by atoms with van der Waals surface area (Å²) in [5.74, 6) is -1.62. The molecule has 2 unspecified atom stereocenters. The molecule has 1 saturated heterocycles. The number of carboxylic acid groups (broad SMARTS) is 1. The average Bonchev–Trinajstić information content (AvgIpc) is 2.17. The lowest BCUT2D eigenvalue weighted by Gasteiger charge is -2.34. The Bertz CT molecular complexity index is 247. The van der Waals surface area contributed by atoms with E-state index < -0.39 is 24.0 Å². The van der Waals surface area contributed by atoms with Gasteiger partial charge < -0.3 is 14.9 Å². The maximum atomic E-state index is 11.1. The van der Waals surface area contributed by atoms with Crippen LogP contribution in [0.5, 0.6) is 0 Å². The van der Waals surface area contributed by atoms with Crippen LogP contribution < -0.4 is 0 Å². The Labute approximate surface area is 95.4 Å². The molecule has 0 aliphatic carbocycles. The maximum absolute atomic E-state index is 11.1. The van der Waals surface area contributed by atoms with E-state index in [4.69, 9.17) is 9.84 Å². The summed E-state index contributed by atoms with van der Waals surface area (Å²) in [5.41, 5.74) is -1.43. The fourth-order valence-electron chi connectivity index (χ4n) is 1.68. The summed E-state index contributed by atoms with van der Waals surface area (Å²) in [4.78, 5) is 21.5. The van der Waals surface area contributed by atoms with Crippen LogP contribution in [0.4, 0.5) is 0 Å². The standard InChI is InChI=1S/C9H14O5.C2H6/c1-2-6-3-9(13,4-7(10)11)5-8(12)14-6;1-2/h6,13H,2-5H2,1H3,(H,10,11);1-2H3. The number of hydrogen-bond donors (Lipinski definition) is 2. The van der Waals surface area contributed by atoms with Crippen LogP contribution in [0.25, 0.3) is 0 Å². The molecule has 1 rings (SSSR count). The third-order valence-electron chi connectivity index (χ3n) is 2.31. The summed E-state index contributed by atoms with van der Waals surface area (Å²) in [6.45, 7) is 5.82. The van der Waals surface area contributed by atoms with Gasteiger partial charge in [0.15, 0.2) is 0 Å². The first-order chi connectivity index (χ1) is 7.45. The molecule has 5 heteroatoms. The maximum Gasteiger partial charge on any atom is 0.309 e. The van der Waals surface area contributed by atoms with Crippen molar-refractivity contribution >= 4 is 11.9 Å². The van der Waals surface area contributed by atoms with Gasteiger partial charge >= 0.3 is 11.9 Å². The predicted molar refractivity (Wildman–Crippen MR) is 58.0 cm³/mol. The van der Waals surface area contributed by atoms with Crippen molar-refractivity contribution < 1.29 is 24.5 Å². The zero-order valence-corrected chi connectivity index (χ0v) is 10.0. The van der Waals surface area contributed by atoms with Crippen LogP contribution in [-0.4, -0.2) is 33.9 Å². The normalized spacial score (nSPS) is 28.8. The number of ether oxygens (including phenoxy) is 1. The van der Waals surface area contributed by atoms with E-state index in [2.05, 4.69) is 0 Å². The average molecular weight is 232 g/mol. The fraction of sp³-hybridized carbons (Fsp3) is 0.818. The lowest BCUT2D eigenvalue weighted by atomic mass is 9.86. The lowest BCUT2D eigenvalue weighted by molar-refractivity contribution is -0.173. The van der Waals surface area contributed by atoms with Crippen LogP contribution in [-0.2, 0) is 14.3 Å². The smallest absolute Gasteiger partial charge is 0.309 e. The first kappa shape index (κ1) is 14.9. The van der Waals surface area contributed by atoms with Crippen LogP contribution >= 0.6 is 0 Å². The molecule has 16 heavy (non-hydrogen) atoms. The quantitative estimate of drug-likeness (QED) is 0.717. The summed E-state index contributed by atoms with van der Waals surface area (Å²) in [6.07, 6.45) is -0.190. The SMILES string of the molecule is CC.CCC1CC(O)(CC(=O)O)CC(=O)O1. The zero-order valence-electron chi connectivity index (χ0n) is 10.0. The minimum atomic E-state index is -1.43. The topological polar surface area (TPSA) is 83.8 Å². The third-order valence-corrected chi connectivity index (χ3v) is 2.31. The number of carbonyl (C=O) groups is 2. The van der Waals surface area contributed by atoms with Gasteiger partial charge in [0.25, 0.3) is 0 Å². The summed E-state index contributed by atoms with van der Waals surface area (Å²) < 4.78 is 4.92. The highest BCUT2D eigenvalue weighted by molar-refractivity contribution is 5.75. The molecule has 5 nitrogen and oxygen atoms in total. The first-order valence-corrected chi connectivity index (χ1v) is 5.59. The number of aliphatic hydroxyl groups is 1. The van der Waals surface area contributed by atoms with Gasteiger partial charge in [0, 0.05) is 6.42 Å². The van der Waals surface area contributed by atoms with Crippen LogP contribution in [0.15, 0.2) is 0 Å². The Morgan fingerprint density at radius 2 is 2.12 bits per heavy atom. The van der Waals surface area contributed by atoms with Gasteiger partial charge in [0.05, 0.1) is 18.4 Å². The number of esters is 1. The summed E-state index contributed by atoms with van der Waals surface area (Å²) in [6, 6.07) is 0. The highest BCUT2D eigenvalue weighted by Gasteiger charge is 2.40. The number of aliphatic carboxylic acids is 1. The first-order valence-electron chi connectivity index (χ1n) is 5.59. The fourth-order valence-corrected chi connectivity index (χ4v) is 1.68. The van der Waals surface area contributed by atoms with Gasteiger partial charge in [-0.3, -0.25) is 9.59 Å². The minimum absolute atomic E-state index is 0.210. The van der Waals surface area contributed by atoms with E-state index in [0.717, 1.165) is 0 Å². The van der Waals surface area contributed by atoms with Gasteiger partial charge in [-0.05, 0) is 6.42 Å². The molecular formula is C11H20O5. The molecule has 1 fully saturated rings. The molecule has 0 radical (unpaired) electrons. The molecular weight excluding hydrogens is 212 g/mol. The molecule has 0 saturated carbocycles. The number of rotatable bonds is 3. The molecule has 94 valence electrons. The molecule has 1 aliphatic rings. The van der Waals surface area contributed by atoms with Crippen molar-refractivity contribution in [2.24, 2.45) is 0 Å². The molecule has 2 N–H and O–H groups in total. The number of hydrogen-bond acceptors (Lipinski definition) is 4. The molecule has 0 aromatic carbocycles. The molecule has 0 aromatic rings. The van der Waals surface area contributed by atoms with Crippen LogP contribution in [0, 0.1) is 0 Å². The van der Waals surface area contributed by atoms with Gasteiger partial charge in [-0.2, -0.15) is 0 Å².